The van der Waals surface area contributed by atoms with Gasteiger partial charge >= 0.3 is 0 Å². The zero-order valence-corrected chi connectivity index (χ0v) is 12.4. The second-order valence-electron chi connectivity index (χ2n) is 4.63. The summed E-state index contributed by atoms with van der Waals surface area (Å²) in [4.78, 5) is 25.2. The Morgan fingerprint density at radius 1 is 1.29 bits per heavy atom. The lowest BCUT2D eigenvalue weighted by molar-refractivity contribution is 0.727. The van der Waals surface area contributed by atoms with E-state index in [-0.39, 0.29) is 5.56 Å². The minimum Gasteiger partial charge on any atom is -0.369 e. The molecule has 6 nitrogen and oxygen atoms in total. The summed E-state index contributed by atoms with van der Waals surface area (Å²) < 4.78 is 2.23. The van der Waals surface area contributed by atoms with E-state index in [1.807, 2.05) is 11.4 Å². The summed E-state index contributed by atoms with van der Waals surface area (Å²) >= 11 is 1.41. The maximum atomic E-state index is 12.3. The Morgan fingerprint density at radius 3 is 2.95 bits per heavy atom. The van der Waals surface area contributed by atoms with Crippen LogP contribution in [0.3, 0.4) is 0 Å². The van der Waals surface area contributed by atoms with Crippen LogP contribution < -0.4 is 10.9 Å². The average Bonchev–Trinajstić information content (AvgIpc) is 2.99. The summed E-state index contributed by atoms with van der Waals surface area (Å²) in [5.74, 6) is 0.750. The number of hydrogen-bond acceptors (Lipinski definition) is 6. The van der Waals surface area contributed by atoms with Gasteiger partial charge in [0.05, 0.1) is 36.5 Å². The average molecular weight is 301 g/mol. The smallest absolute Gasteiger partial charge is 0.271 e. The van der Waals surface area contributed by atoms with Crippen molar-refractivity contribution in [1.82, 2.24) is 19.5 Å². The highest BCUT2D eigenvalue weighted by atomic mass is 32.1. The zero-order valence-electron chi connectivity index (χ0n) is 11.6. The van der Waals surface area contributed by atoms with E-state index in [1.165, 1.54) is 11.3 Å². The second-order valence-corrected chi connectivity index (χ2v) is 5.55. The number of thiophene rings is 1. The van der Waals surface area contributed by atoms with Crippen molar-refractivity contribution in [3.63, 3.8) is 0 Å². The minimum atomic E-state index is -0.0371. The summed E-state index contributed by atoms with van der Waals surface area (Å²) in [7, 11) is 0. The minimum absolute atomic E-state index is 0.0371. The molecule has 0 aromatic carbocycles. The number of anilines is 1. The monoisotopic (exact) mass is 301 g/mol. The van der Waals surface area contributed by atoms with Crippen molar-refractivity contribution in [2.24, 2.45) is 0 Å². The number of fused-ring (bicyclic) bond motifs is 1. The van der Waals surface area contributed by atoms with Gasteiger partial charge in [-0.25, -0.2) is 9.97 Å². The first-order chi connectivity index (χ1) is 10.3. The Bertz CT molecular complexity index is 793. The van der Waals surface area contributed by atoms with Crippen LogP contribution in [-0.4, -0.2) is 26.1 Å². The van der Waals surface area contributed by atoms with Gasteiger partial charge in [0.2, 0.25) is 0 Å². The molecule has 0 fully saturated rings. The van der Waals surface area contributed by atoms with E-state index in [1.54, 1.807) is 23.3 Å². The third-order valence-electron chi connectivity index (χ3n) is 3.03. The number of aromatic nitrogens is 4. The Balaban J connectivity index is 1.81. The van der Waals surface area contributed by atoms with E-state index in [9.17, 15) is 4.79 Å². The number of hydrogen-bond donors (Lipinski definition) is 1. The molecule has 3 aromatic rings. The van der Waals surface area contributed by atoms with Gasteiger partial charge in [0.1, 0.15) is 10.5 Å². The van der Waals surface area contributed by atoms with Crippen LogP contribution in [0.15, 0.2) is 35.0 Å². The van der Waals surface area contributed by atoms with E-state index in [0.717, 1.165) is 30.0 Å². The van der Waals surface area contributed by atoms with Crippen LogP contribution in [0.2, 0.25) is 0 Å². The van der Waals surface area contributed by atoms with Crippen molar-refractivity contribution in [3.8, 4) is 0 Å². The molecule has 0 saturated heterocycles. The van der Waals surface area contributed by atoms with Crippen molar-refractivity contribution >= 4 is 27.4 Å². The molecule has 0 spiro atoms. The number of rotatable bonds is 5. The first kappa shape index (κ1) is 13.7. The van der Waals surface area contributed by atoms with Gasteiger partial charge < -0.3 is 5.32 Å². The normalized spacial score (nSPS) is 10.9. The molecular formula is C14H15N5OS. The molecule has 7 heteroatoms. The number of nitrogens with one attached hydrogen (secondary N) is 1. The molecule has 1 N–H and O–H groups in total. The topological polar surface area (TPSA) is 72.7 Å². The third kappa shape index (κ3) is 2.92. The van der Waals surface area contributed by atoms with Crippen LogP contribution >= 0.6 is 11.3 Å². The lowest BCUT2D eigenvalue weighted by Crippen LogP contribution is -2.20. The third-order valence-corrected chi connectivity index (χ3v) is 3.92. The van der Waals surface area contributed by atoms with Crippen molar-refractivity contribution in [2.75, 3.05) is 11.9 Å². The molecule has 0 atom stereocenters. The maximum absolute atomic E-state index is 12.3. The molecule has 0 radical (unpaired) electrons. The molecule has 0 bridgehead atoms. The van der Waals surface area contributed by atoms with Gasteiger partial charge in [0, 0.05) is 6.54 Å². The lowest BCUT2D eigenvalue weighted by atomic mass is 10.4. The molecule has 3 aromatic heterocycles. The van der Waals surface area contributed by atoms with E-state index in [0.29, 0.717) is 11.2 Å². The Hall–Kier alpha value is -2.28. The molecule has 3 heterocycles. The molecule has 0 amide bonds. The van der Waals surface area contributed by atoms with E-state index in [2.05, 4.69) is 27.2 Å². The molecule has 0 aliphatic rings. The summed E-state index contributed by atoms with van der Waals surface area (Å²) in [5, 5.41) is 5.04. The van der Waals surface area contributed by atoms with Gasteiger partial charge in [-0.2, -0.15) is 0 Å². The molecule has 0 saturated carbocycles. The fourth-order valence-electron chi connectivity index (χ4n) is 1.95. The van der Waals surface area contributed by atoms with E-state index >= 15 is 0 Å². The van der Waals surface area contributed by atoms with Crippen molar-refractivity contribution < 1.29 is 0 Å². The molecule has 0 aliphatic heterocycles. The Labute approximate surface area is 125 Å². The van der Waals surface area contributed by atoms with Gasteiger partial charge in [0.15, 0.2) is 0 Å². The molecule has 108 valence electrons. The highest BCUT2D eigenvalue weighted by Crippen LogP contribution is 2.13. The summed E-state index contributed by atoms with van der Waals surface area (Å²) in [6.45, 7) is 3.34. The summed E-state index contributed by atoms with van der Waals surface area (Å²) in [6, 6.07) is 1.85. The van der Waals surface area contributed by atoms with Gasteiger partial charge in [-0.15, -0.1) is 11.3 Å². The van der Waals surface area contributed by atoms with Gasteiger partial charge in [-0.05, 0) is 17.9 Å². The second kappa shape index (κ2) is 6.01. The Morgan fingerprint density at radius 2 is 2.19 bits per heavy atom. The quantitative estimate of drug-likeness (QED) is 0.781. The molecule has 0 unspecified atom stereocenters. The molecule has 21 heavy (non-hydrogen) atoms. The molecule has 3 rings (SSSR count). The largest absolute Gasteiger partial charge is 0.369 e. The highest BCUT2D eigenvalue weighted by molar-refractivity contribution is 7.17. The van der Waals surface area contributed by atoms with E-state index < -0.39 is 0 Å². The number of nitrogens with zero attached hydrogens (tertiary/aromatic N) is 4. The van der Waals surface area contributed by atoms with Crippen LogP contribution in [0.4, 0.5) is 5.82 Å². The SMILES string of the molecule is CCCNc1cnc(Cn2cnc3ccsc3c2=O)cn1. The Kier molecular flexibility index (Phi) is 3.92. The predicted octanol–water partition coefficient (Wildman–Crippen LogP) is 2.12. The zero-order chi connectivity index (χ0) is 14.7. The van der Waals surface area contributed by atoms with Crippen LogP contribution in [-0.2, 0) is 6.54 Å². The van der Waals surface area contributed by atoms with Crippen molar-refractivity contribution in [3.05, 3.63) is 46.2 Å². The fourth-order valence-corrected chi connectivity index (χ4v) is 2.74. The van der Waals surface area contributed by atoms with Gasteiger partial charge in [-0.1, -0.05) is 6.92 Å². The lowest BCUT2D eigenvalue weighted by Gasteiger charge is -2.06. The fraction of sp³-hybridized carbons (Fsp3) is 0.286. The van der Waals surface area contributed by atoms with Crippen LogP contribution in [0.5, 0.6) is 0 Å². The van der Waals surface area contributed by atoms with Gasteiger partial charge in [0.25, 0.3) is 5.56 Å². The van der Waals surface area contributed by atoms with E-state index in [4.69, 9.17) is 0 Å². The summed E-state index contributed by atoms with van der Waals surface area (Å²) in [5.41, 5.74) is 1.44. The summed E-state index contributed by atoms with van der Waals surface area (Å²) in [6.07, 6.45) is 5.96. The van der Waals surface area contributed by atoms with Crippen molar-refractivity contribution in [2.45, 2.75) is 19.9 Å². The maximum Gasteiger partial charge on any atom is 0.271 e. The van der Waals surface area contributed by atoms with Gasteiger partial charge in [-0.3, -0.25) is 14.3 Å². The first-order valence-electron chi connectivity index (χ1n) is 6.75. The molecular weight excluding hydrogens is 286 g/mol. The van der Waals surface area contributed by atoms with Crippen LogP contribution in [0, 0.1) is 0 Å². The van der Waals surface area contributed by atoms with Crippen LogP contribution in [0.1, 0.15) is 19.0 Å². The standard InChI is InChI=1S/C14H15N5OS/c1-2-4-15-12-7-16-10(6-17-12)8-19-9-18-11-3-5-21-13(11)14(19)20/h3,5-7,9H,2,4,8H2,1H3,(H,15,17). The van der Waals surface area contributed by atoms with Crippen LogP contribution in [0.25, 0.3) is 10.2 Å². The first-order valence-corrected chi connectivity index (χ1v) is 7.63. The molecule has 0 aliphatic carbocycles. The van der Waals surface area contributed by atoms with Crippen molar-refractivity contribution in [1.29, 1.82) is 0 Å². The highest BCUT2D eigenvalue weighted by Gasteiger charge is 2.06. The predicted molar refractivity (Wildman–Crippen MR) is 83.8 cm³/mol.